The molecule has 0 fully saturated rings. The minimum Gasteiger partial charge on any atom is -0.377 e. The molecule has 0 aromatic heterocycles. The zero-order chi connectivity index (χ0) is 11.9. The summed E-state index contributed by atoms with van der Waals surface area (Å²) in [6.07, 6.45) is 3.42. The number of hydrogen-bond donors (Lipinski definition) is 0. The smallest absolute Gasteiger partial charge is 0.377 e. The van der Waals surface area contributed by atoms with Gasteiger partial charge in [-0.2, -0.15) is 0 Å². The normalized spacial score (nSPS) is 16.6. The van der Waals surface area contributed by atoms with Gasteiger partial charge >= 0.3 is 8.80 Å². The minimum absolute atomic E-state index is 0.898. The van der Waals surface area contributed by atoms with Crippen LogP contribution in [0, 0.1) is 0 Å². The molecule has 0 unspecified atom stereocenters. The summed E-state index contributed by atoms with van der Waals surface area (Å²) in [5.41, 5.74) is 0. The molecule has 0 aromatic rings. The standard InChI is InChI=1S/C9H18O3S3Si/c1-10-16(11-2,12-3)7-5-4-6-9-8-13-15-14-9/h8H,4-7H2,1-3H3. The Morgan fingerprint density at radius 1 is 1.12 bits per heavy atom. The second-order valence-corrected chi connectivity index (χ2v) is 10.4. The van der Waals surface area contributed by atoms with Crippen LogP contribution in [0.25, 0.3) is 0 Å². The van der Waals surface area contributed by atoms with E-state index in [2.05, 4.69) is 5.41 Å². The maximum atomic E-state index is 5.37. The van der Waals surface area contributed by atoms with E-state index in [9.17, 15) is 0 Å². The highest BCUT2D eigenvalue weighted by atomic mass is 33.5. The molecule has 1 heterocycles. The van der Waals surface area contributed by atoms with Gasteiger partial charge in [0.2, 0.25) is 0 Å². The molecule has 7 heteroatoms. The molecule has 1 aliphatic rings. The Morgan fingerprint density at radius 3 is 2.31 bits per heavy atom. The maximum absolute atomic E-state index is 5.37. The summed E-state index contributed by atoms with van der Waals surface area (Å²) >= 11 is 0. The molecule has 1 aliphatic heterocycles. The van der Waals surface area contributed by atoms with E-state index in [0.29, 0.717) is 0 Å². The second kappa shape index (κ2) is 8.07. The van der Waals surface area contributed by atoms with Crippen LogP contribution in [0.15, 0.2) is 10.3 Å². The Labute approximate surface area is 110 Å². The Morgan fingerprint density at radius 2 is 1.81 bits per heavy atom. The topological polar surface area (TPSA) is 27.7 Å². The molecule has 0 aliphatic carbocycles. The summed E-state index contributed by atoms with van der Waals surface area (Å²) < 4.78 is 16.1. The molecule has 3 nitrogen and oxygen atoms in total. The monoisotopic (exact) mass is 298 g/mol. The van der Waals surface area contributed by atoms with Crippen molar-refractivity contribution in [3.63, 3.8) is 0 Å². The minimum atomic E-state index is -2.33. The Kier molecular flexibility index (Phi) is 7.54. The van der Waals surface area contributed by atoms with E-state index in [4.69, 9.17) is 13.3 Å². The third kappa shape index (κ3) is 4.64. The van der Waals surface area contributed by atoms with E-state index >= 15 is 0 Å². The number of rotatable bonds is 8. The van der Waals surface area contributed by atoms with Gasteiger partial charge in [0.25, 0.3) is 0 Å². The van der Waals surface area contributed by atoms with E-state index in [1.807, 2.05) is 31.4 Å². The van der Waals surface area contributed by atoms with Gasteiger partial charge in [0.1, 0.15) is 0 Å². The first-order valence-corrected chi connectivity index (χ1v) is 10.6. The zero-order valence-electron chi connectivity index (χ0n) is 9.86. The van der Waals surface area contributed by atoms with Crippen molar-refractivity contribution < 1.29 is 13.3 Å². The van der Waals surface area contributed by atoms with Crippen molar-refractivity contribution in [1.82, 2.24) is 0 Å². The predicted octanol–water partition coefficient (Wildman–Crippen LogP) is 3.92. The Hall–Kier alpha value is 0.887. The number of hydrogen-bond acceptors (Lipinski definition) is 6. The van der Waals surface area contributed by atoms with Gasteiger partial charge in [-0.25, -0.2) is 0 Å². The molecule has 0 bridgehead atoms. The predicted molar refractivity (Wildman–Crippen MR) is 76.3 cm³/mol. The molecular weight excluding hydrogens is 280 g/mol. The fraction of sp³-hybridized carbons (Fsp3) is 0.778. The quantitative estimate of drug-likeness (QED) is 0.383. The summed E-state index contributed by atoms with van der Waals surface area (Å²) in [6.45, 7) is 0. The Bertz CT molecular complexity index is 226. The van der Waals surface area contributed by atoms with Crippen LogP contribution in [0.3, 0.4) is 0 Å². The van der Waals surface area contributed by atoms with Crippen molar-refractivity contribution in [1.29, 1.82) is 0 Å². The van der Waals surface area contributed by atoms with Crippen molar-refractivity contribution in [3.8, 4) is 0 Å². The molecule has 0 atom stereocenters. The first-order valence-electron chi connectivity index (χ1n) is 5.11. The Balaban J connectivity index is 2.17. The van der Waals surface area contributed by atoms with Gasteiger partial charge in [-0.05, 0) is 45.3 Å². The zero-order valence-corrected chi connectivity index (χ0v) is 13.3. The van der Waals surface area contributed by atoms with E-state index in [-0.39, 0.29) is 0 Å². The van der Waals surface area contributed by atoms with Gasteiger partial charge in [-0.15, -0.1) is 0 Å². The van der Waals surface area contributed by atoms with Crippen LogP contribution >= 0.6 is 31.4 Å². The lowest BCUT2D eigenvalue weighted by atomic mass is 10.2. The largest absolute Gasteiger partial charge is 0.500 e. The highest BCUT2D eigenvalue weighted by Gasteiger charge is 2.36. The number of allylic oxidation sites excluding steroid dienone is 1. The first-order chi connectivity index (χ1) is 7.76. The average molecular weight is 299 g/mol. The van der Waals surface area contributed by atoms with Crippen molar-refractivity contribution in [2.45, 2.75) is 25.3 Å². The summed E-state index contributed by atoms with van der Waals surface area (Å²) in [6, 6.07) is 0.898. The van der Waals surface area contributed by atoms with Crippen molar-refractivity contribution in [3.05, 3.63) is 10.3 Å². The SMILES string of the molecule is CO[Si](CCCCC1=CSSS1)(OC)OC. The molecule has 0 radical (unpaired) electrons. The summed E-state index contributed by atoms with van der Waals surface area (Å²) in [4.78, 5) is 1.48. The highest BCUT2D eigenvalue weighted by Crippen LogP contribution is 2.50. The van der Waals surface area contributed by atoms with Gasteiger partial charge < -0.3 is 13.3 Å². The van der Waals surface area contributed by atoms with E-state index in [0.717, 1.165) is 18.9 Å². The first kappa shape index (κ1) is 14.9. The molecular formula is C9H18O3S3Si. The highest BCUT2D eigenvalue weighted by molar-refractivity contribution is 9.11. The third-order valence-corrected chi connectivity index (χ3v) is 9.18. The van der Waals surface area contributed by atoms with Crippen molar-refractivity contribution in [2.75, 3.05) is 21.3 Å². The van der Waals surface area contributed by atoms with Gasteiger partial charge in [-0.3, -0.25) is 0 Å². The van der Waals surface area contributed by atoms with Crippen LogP contribution in [-0.4, -0.2) is 30.1 Å². The van der Waals surface area contributed by atoms with Crippen LogP contribution < -0.4 is 0 Å². The maximum Gasteiger partial charge on any atom is 0.500 e. The average Bonchev–Trinajstić information content (AvgIpc) is 2.83. The van der Waals surface area contributed by atoms with Gasteiger partial charge in [-0.1, -0.05) is 10.8 Å². The van der Waals surface area contributed by atoms with E-state index < -0.39 is 8.80 Å². The summed E-state index contributed by atoms with van der Waals surface area (Å²) in [5.74, 6) is 0. The third-order valence-electron chi connectivity index (χ3n) is 2.45. The van der Waals surface area contributed by atoms with E-state index in [1.54, 1.807) is 21.3 Å². The molecule has 16 heavy (non-hydrogen) atoms. The summed E-state index contributed by atoms with van der Waals surface area (Å²) in [5, 5.41) is 2.24. The fourth-order valence-corrected chi connectivity index (χ4v) is 7.30. The van der Waals surface area contributed by atoms with Crippen molar-refractivity contribution >= 4 is 40.2 Å². The van der Waals surface area contributed by atoms with Crippen molar-refractivity contribution in [2.24, 2.45) is 0 Å². The fourth-order valence-electron chi connectivity index (χ4n) is 1.45. The summed E-state index contributed by atoms with van der Waals surface area (Å²) in [7, 11) is 8.20. The lowest BCUT2D eigenvalue weighted by Crippen LogP contribution is -2.42. The van der Waals surface area contributed by atoms with Crippen LogP contribution in [0.1, 0.15) is 19.3 Å². The molecule has 0 N–H and O–H groups in total. The lowest BCUT2D eigenvalue weighted by molar-refractivity contribution is 0.123. The van der Waals surface area contributed by atoms with Crippen LogP contribution in [0.2, 0.25) is 6.04 Å². The van der Waals surface area contributed by atoms with E-state index in [1.165, 1.54) is 11.3 Å². The van der Waals surface area contributed by atoms with Gasteiger partial charge in [0.05, 0.1) is 0 Å². The van der Waals surface area contributed by atoms with Crippen LogP contribution in [0.5, 0.6) is 0 Å². The molecule has 0 spiro atoms. The number of unbranched alkanes of at least 4 members (excludes halogenated alkanes) is 1. The molecule has 1 rings (SSSR count). The molecule has 0 amide bonds. The van der Waals surface area contributed by atoms with Crippen LogP contribution in [0.4, 0.5) is 0 Å². The molecule has 94 valence electrons. The van der Waals surface area contributed by atoms with Gasteiger partial charge in [0, 0.05) is 32.3 Å². The molecule has 0 aromatic carbocycles. The van der Waals surface area contributed by atoms with Gasteiger partial charge in [0.15, 0.2) is 0 Å². The molecule has 0 saturated carbocycles. The van der Waals surface area contributed by atoms with Crippen LogP contribution in [-0.2, 0) is 13.3 Å². The second-order valence-electron chi connectivity index (χ2n) is 3.33. The lowest BCUT2D eigenvalue weighted by Gasteiger charge is -2.24. The molecule has 0 saturated heterocycles.